The maximum Gasteiger partial charge on any atom is 0.414 e. The molecule has 2 aliphatic heterocycles. The Labute approximate surface area is 226 Å². The van der Waals surface area contributed by atoms with Crippen LogP contribution >= 0.6 is 0 Å². The molecule has 1 fully saturated rings. The zero-order chi connectivity index (χ0) is 27.4. The molecule has 6 rings (SSSR count). The third-order valence-electron chi connectivity index (χ3n) is 8.76. The number of hydrogen-bond donors (Lipinski definition) is 1. The molecule has 8 nitrogen and oxygen atoms in total. The Morgan fingerprint density at radius 2 is 2.03 bits per heavy atom. The number of benzene rings is 2. The van der Waals surface area contributed by atoms with Gasteiger partial charge in [0.05, 0.1) is 30.4 Å². The van der Waals surface area contributed by atoms with Crippen molar-refractivity contribution in [2.24, 2.45) is 5.92 Å². The molecular formula is C30H34FN3O5. The molecule has 1 saturated carbocycles. The Hall–Kier alpha value is -3.46. The zero-order valence-electron chi connectivity index (χ0n) is 22.6. The number of halogens is 1. The minimum Gasteiger partial charge on any atom is -0.490 e. The summed E-state index contributed by atoms with van der Waals surface area (Å²) in [6, 6.07) is 6.93. The van der Waals surface area contributed by atoms with Crippen LogP contribution in [0.25, 0.3) is 11.0 Å². The van der Waals surface area contributed by atoms with Crippen molar-refractivity contribution in [1.82, 2.24) is 9.55 Å². The molecule has 1 N–H and O–H groups in total. The molecule has 1 aromatic heterocycles. The lowest BCUT2D eigenvalue weighted by atomic mass is 9.83. The number of imidazole rings is 1. The van der Waals surface area contributed by atoms with Crippen LogP contribution < -0.4 is 9.64 Å². The van der Waals surface area contributed by atoms with Gasteiger partial charge in [-0.05, 0) is 75.8 Å². The van der Waals surface area contributed by atoms with Crippen LogP contribution in [0.15, 0.2) is 24.3 Å². The molecule has 2 aromatic carbocycles. The highest BCUT2D eigenvalue weighted by molar-refractivity contribution is 5.95. The first kappa shape index (κ1) is 25.8. The Bertz CT molecular complexity index is 1470. The monoisotopic (exact) mass is 535 g/mol. The number of aromatic nitrogens is 2. The van der Waals surface area contributed by atoms with Crippen LogP contribution in [-0.4, -0.2) is 46.3 Å². The number of aryl methyl sites for hydroxylation is 1. The van der Waals surface area contributed by atoms with Gasteiger partial charge in [0.15, 0.2) is 11.6 Å². The van der Waals surface area contributed by atoms with E-state index in [9.17, 15) is 19.1 Å². The summed E-state index contributed by atoms with van der Waals surface area (Å²) in [7, 11) is 1.38. The number of ketones is 1. The number of rotatable bonds is 4. The predicted molar refractivity (Wildman–Crippen MR) is 144 cm³/mol. The van der Waals surface area contributed by atoms with E-state index in [1.165, 1.54) is 13.2 Å². The average molecular weight is 536 g/mol. The van der Waals surface area contributed by atoms with E-state index >= 15 is 0 Å². The number of ether oxygens (including phenoxy) is 2. The first-order chi connectivity index (χ1) is 18.8. The third-order valence-corrected chi connectivity index (χ3v) is 8.76. The van der Waals surface area contributed by atoms with Crippen molar-refractivity contribution in [3.63, 3.8) is 0 Å². The summed E-state index contributed by atoms with van der Waals surface area (Å²) < 4.78 is 27.5. The number of amides is 1. The number of aliphatic hydroxyl groups excluding tert-OH is 1. The van der Waals surface area contributed by atoms with E-state index in [1.807, 2.05) is 19.1 Å². The number of anilines is 1. The van der Waals surface area contributed by atoms with Crippen LogP contribution in [0.3, 0.4) is 0 Å². The fourth-order valence-electron chi connectivity index (χ4n) is 6.73. The van der Waals surface area contributed by atoms with Gasteiger partial charge in [0.1, 0.15) is 17.7 Å². The van der Waals surface area contributed by atoms with Crippen LogP contribution in [-0.2, 0) is 22.4 Å². The minimum absolute atomic E-state index is 0.0270. The second kappa shape index (κ2) is 9.93. The number of carbonyl (C=O) groups is 2. The molecule has 0 radical (unpaired) electrons. The van der Waals surface area contributed by atoms with E-state index < -0.39 is 18.0 Å². The van der Waals surface area contributed by atoms with Crippen LogP contribution in [0.1, 0.15) is 80.6 Å². The van der Waals surface area contributed by atoms with E-state index in [0.717, 1.165) is 60.0 Å². The molecule has 3 heterocycles. The number of aliphatic hydroxyl groups is 1. The SMILES string of the molecule is COC(=O)N1c2ccc3c(nc([C@H](O)c4cc(F)c5c(c4)CCO5)n3[C@@H]3CCC[C@@H](C(C)=O)C3)c2CC[C@@H]1C. The summed E-state index contributed by atoms with van der Waals surface area (Å²) in [6.45, 7) is 4.05. The van der Waals surface area contributed by atoms with Crippen LogP contribution in [0.4, 0.5) is 14.9 Å². The van der Waals surface area contributed by atoms with Crippen molar-refractivity contribution in [2.45, 2.75) is 77.0 Å². The first-order valence-corrected chi connectivity index (χ1v) is 13.8. The van der Waals surface area contributed by atoms with E-state index in [0.29, 0.717) is 30.8 Å². The summed E-state index contributed by atoms with van der Waals surface area (Å²) >= 11 is 0. The van der Waals surface area contributed by atoms with Crippen LogP contribution in [0.2, 0.25) is 0 Å². The number of hydrogen-bond acceptors (Lipinski definition) is 6. The molecule has 1 aliphatic carbocycles. The van der Waals surface area contributed by atoms with Gasteiger partial charge >= 0.3 is 6.09 Å². The highest BCUT2D eigenvalue weighted by atomic mass is 19.1. The fraction of sp³-hybridized carbons (Fsp3) is 0.500. The number of fused-ring (bicyclic) bond motifs is 4. The maximum absolute atomic E-state index is 14.9. The smallest absolute Gasteiger partial charge is 0.414 e. The molecular weight excluding hydrogens is 501 g/mol. The second-order valence-electron chi connectivity index (χ2n) is 11.1. The largest absolute Gasteiger partial charge is 0.490 e. The first-order valence-electron chi connectivity index (χ1n) is 13.8. The Morgan fingerprint density at radius 1 is 1.21 bits per heavy atom. The molecule has 9 heteroatoms. The van der Waals surface area contributed by atoms with E-state index in [2.05, 4.69) is 4.57 Å². The van der Waals surface area contributed by atoms with Gasteiger partial charge in [0, 0.05) is 35.5 Å². The summed E-state index contributed by atoms with van der Waals surface area (Å²) in [4.78, 5) is 31.7. The molecule has 4 atom stereocenters. The number of methoxy groups -OCH3 is 1. The molecule has 0 saturated heterocycles. The highest BCUT2D eigenvalue weighted by Crippen LogP contribution is 2.43. The van der Waals surface area contributed by atoms with Crippen molar-refractivity contribution < 1.29 is 28.6 Å². The van der Waals surface area contributed by atoms with Crippen LogP contribution in [0, 0.1) is 11.7 Å². The van der Waals surface area contributed by atoms with Crippen molar-refractivity contribution in [3.8, 4) is 5.75 Å². The van der Waals surface area contributed by atoms with Crippen molar-refractivity contribution in [1.29, 1.82) is 0 Å². The van der Waals surface area contributed by atoms with Gasteiger partial charge in [-0.15, -0.1) is 0 Å². The molecule has 0 unspecified atom stereocenters. The highest BCUT2D eigenvalue weighted by Gasteiger charge is 2.35. The summed E-state index contributed by atoms with van der Waals surface area (Å²) in [5, 5.41) is 11.7. The quantitative estimate of drug-likeness (QED) is 0.480. The maximum atomic E-state index is 14.9. The van der Waals surface area contributed by atoms with Crippen LogP contribution in [0.5, 0.6) is 5.75 Å². The molecule has 3 aliphatic rings. The normalized spacial score (nSPS) is 23.2. The average Bonchev–Trinajstić information content (AvgIpc) is 3.57. The van der Waals surface area contributed by atoms with Gasteiger partial charge in [-0.25, -0.2) is 14.2 Å². The second-order valence-corrected chi connectivity index (χ2v) is 11.1. The van der Waals surface area contributed by atoms with E-state index in [4.69, 9.17) is 14.5 Å². The van der Waals surface area contributed by atoms with E-state index in [1.54, 1.807) is 17.9 Å². The van der Waals surface area contributed by atoms with Gasteiger partial charge in [-0.1, -0.05) is 6.42 Å². The number of Topliss-reactive ketones (excluding diaryl/α,β-unsaturated/α-hetero) is 1. The van der Waals surface area contributed by atoms with Crippen molar-refractivity contribution in [2.75, 3.05) is 18.6 Å². The zero-order valence-corrected chi connectivity index (χ0v) is 22.6. The topological polar surface area (TPSA) is 93.9 Å². The Kier molecular flexibility index (Phi) is 6.57. The summed E-state index contributed by atoms with van der Waals surface area (Å²) in [5.74, 6) is 0.313. The number of carbonyl (C=O) groups excluding carboxylic acids is 2. The standard InChI is InChI=1S/C30H34FN3O5/c1-16-7-8-22-24(33(16)30(37)38-3)9-10-25-26(22)32-29(34(25)21-6-4-5-18(14-21)17(2)35)27(36)20-13-19-11-12-39-28(19)23(31)15-20/h9-10,13,15-16,18,21,27,36H,4-8,11-12,14H2,1-3H3/t16-,18+,21+,27+/m0/s1. The van der Waals surface area contributed by atoms with Crippen molar-refractivity contribution in [3.05, 3.63) is 52.6 Å². The lowest BCUT2D eigenvalue weighted by molar-refractivity contribution is -0.122. The third kappa shape index (κ3) is 4.27. The van der Waals surface area contributed by atoms with Gasteiger partial charge in [-0.2, -0.15) is 0 Å². The lowest BCUT2D eigenvalue weighted by Crippen LogP contribution is -2.42. The Balaban J connectivity index is 1.53. The van der Waals surface area contributed by atoms with Gasteiger partial charge in [0.25, 0.3) is 0 Å². The molecule has 206 valence electrons. The molecule has 3 aromatic rings. The number of nitrogens with zero attached hydrogens (tertiary/aromatic N) is 3. The summed E-state index contributed by atoms with van der Waals surface area (Å²) in [5.41, 5.74) is 4.41. The molecule has 1 amide bonds. The van der Waals surface area contributed by atoms with Gasteiger partial charge < -0.3 is 19.1 Å². The molecule has 0 bridgehead atoms. The molecule has 39 heavy (non-hydrogen) atoms. The summed E-state index contributed by atoms with van der Waals surface area (Å²) in [6.07, 6.45) is 3.72. The fourth-order valence-corrected chi connectivity index (χ4v) is 6.73. The lowest BCUT2D eigenvalue weighted by Gasteiger charge is -2.34. The molecule has 0 spiro atoms. The minimum atomic E-state index is -1.18. The van der Waals surface area contributed by atoms with Gasteiger partial charge in [0.2, 0.25) is 0 Å². The van der Waals surface area contributed by atoms with Gasteiger partial charge in [-0.3, -0.25) is 9.69 Å². The van der Waals surface area contributed by atoms with E-state index in [-0.39, 0.29) is 29.5 Å². The van der Waals surface area contributed by atoms with Crippen molar-refractivity contribution >= 4 is 28.6 Å². The predicted octanol–water partition coefficient (Wildman–Crippen LogP) is 5.42. The Morgan fingerprint density at radius 3 is 2.79 bits per heavy atom.